The van der Waals surface area contributed by atoms with Crippen LogP contribution in [0.15, 0.2) is 83.6 Å². The second kappa shape index (κ2) is 9.16. The maximum atomic E-state index is 12.9. The smallest absolute Gasteiger partial charge is 0.228 e. The molecule has 0 saturated carbocycles. The summed E-state index contributed by atoms with van der Waals surface area (Å²) < 4.78 is 0. The van der Waals surface area contributed by atoms with Gasteiger partial charge in [-0.2, -0.15) is 11.3 Å². The first-order chi connectivity index (χ1) is 12.7. The third-order valence-corrected chi connectivity index (χ3v) is 5.11. The Morgan fingerprint density at radius 3 is 2.38 bits per heavy atom. The maximum absolute atomic E-state index is 12.9. The molecule has 3 rings (SSSR count). The average Bonchev–Trinajstić information content (AvgIpc) is 3.21. The highest BCUT2D eigenvalue weighted by Crippen LogP contribution is 2.28. The largest absolute Gasteiger partial charge is 0.351 e. The Hall–Kier alpha value is -2.65. The Morgan fingerprint density at radius 2 is 1.73 bits per heavy atom. The van der Waals surface area contributed by atoms with Crippen LogP contribution in [-0.4, -0.2) is 5.91 Å². The molecule has 1 amide bonds. The van der Waals surface area contributed by atoms with Crippen LogP contribution in [0.3, 0.4) is 0 Å². The molecule has 0 radical (unpaired) electrons. The van der Waals surface area contributed by atoms with Gasteiger partial charge in [0.25, 0.3) is 0 Å². The van der Waals surface area contributed by atoms with Gasteiger partial charge in [0.2, 0.25) is 5.91 Å². The van der Waals surface area contributed by atoms with E-state index in [9.17, 15) is 4.79 Å². The molecule has 0 fully saturated rings. The van der Waals surface area contributed by atoms with Gasteiger partial charge in [-0.3, -0.25) is 4.79 Å². The van der Waals surface area contributed by atoms with Gasteiger partial charge in [0.05, 0.1) is 5.92 Å². The summed E-state index contributed by atoms with van der Waals surface area (Å²) in [5.41, 5.74) is 3.33. The summed E-state index contributed by atoms with van der Waals surface area (Å²) in [6.07, 6.45) is 4.22. The third kappa shape index (κ3) is 4.93. The van der Waals surface area contributed by atoms with Gasteiger partial charge in [-0.05, 0) is 39.4 Å². The van der Waals surface area contributed by atoms with Crippen molar-refractivity contribution < 1.29 is 4.79 Å². The summed E-state index contributed by atoms with van der Waals surface area (Å²) in [7, 11) is 0. The predicted octanol–water partition coefficient (Wildman–Crippen LogP) is 5.50. The molecule has 0 saturated heterocycles. The van der Waals surface area contributed by atoms with Crippen molar-refractivity contribution in [1.82, 2.24) is 5.32 Å². The van der Waals surface area contributed by atoms with Crippen LogP contribution in [0.1, 0.15) is 29.5 Å². The molecule has 0 spiro atoms. The minimum atomic E-state index is -0.190. The van der Waals surface area contributed by atoms with E-state index in [1.54, 1.807) is 11.3 Å². The minimum Gasteiger partial charge on any atom is -0.351 e. The molecule has 3 aromatic rings. The van der Waals surface area contributed by atoms with Gasteiger partial charge >= 0.3 is 0 Å². The van der Waals surface area contributed by atoms with Crippen LogP contribution in [0.4, 0.5) is 0 Å². The molecule has 0 aliphatic rings. The lowest BCUT2D eigenvalue weighted by molar-refractivity contribution is -0.123. The minimum absolute atomic E-state index is 0.0671. The fourth-order valence-electron chi connectivity index (χ4n) is 2.98. The Bertz CT molecular complexity index is 825. The van der Waals surface area contributed by atoms with E-state index in [1.807, 2.05) is 60.0 Å². The number of hydrogen-bond donors (Lipinski definition) is 1. The summed E-state index contributed by atoms with van der Waals surface area (Å²) >= 11 is 1.63. The summed E-state index contributed by atoms with van der Waals surface area (Å²) in [6, 6.07) is 22.2. The summed E-state index contributed by atoms with van der Waals surface area (Å²) in [6.45, 7) is 2.65. The number of thiophene rings is 1. The molecule has 0 aliphatic carbocycles. The highest BCUT2D eigenvalue weighted by Gasteiger charge is 2.25. The standard InChI is InChI=1S/C23H23NOS/c1-18(12-13-19-8-4-2-5-9-19)22(21-14-15-26-17-21)23(25)24-16-20-10-6-3-7-11-20/h2-15,17-18,22H,16H2,1H3,(H,24,25)/b13-12+/t18-,22+/m1/s1. The summed E-state index contributed by atoms with van der Waals surface area (Å²) in [4.78, 5) is 12.9. The molecule has 2 nitrogen and oxygen atoms in total. The molecule has 1 aromatic heterocycles. The highest BCUT2D eigenvalue weighted by molar-refractivity contribution is 7.08. The predicted molar refractivity (Wildman–Crippen MR) is 110 cm³/mol. The molecule has 0 aliphatic heterocycles. The van der Waals surface area contributed by atoms with Crippen molar-refractivity contribution in [1.29, 1.82) is 0 Å². The first-order valence-corrected chi connectivity index (χ1v) is 9.75. The van der Waals surface area contributed by atoms with Crippen LogP contribution >= 0.6 is 11.3 Å². The number of hydrogen-bond acceptors (Lipinski definition) is 2. The van der Waals surface area contributed by atoms with Crippen LogP contribution in [-0.2, 0) is 11.3 Å². The summed E-state index contributed by atoms with van der Waals surface area (Å²) in [5, 5.41) is 7.20. The lowest BCUT2D eigenvalue weighted by atomic mass is 9.87. The van der Waals surface area contributed by atoms with Crippen molar-refractivity contribution >= 4 is 23.3 Å². The van der Waals surface area contributed by atoms with Gasteiger partial charge in [-0.1, -0.05) is 79.7 Å². The third-order valence-electron chi connectivity index (χ3n) is 4.41. The number of allylic oxidation sites excluding steroid dienone is 1. The zero-order valence-electron chi connectivity index (χ0n) is 14.8. The van der Waals surface area contributed by atoms with E-state index in [2.05, 4.69) is 41.9 Å². The van der Waals surface area contributed by atoms with Crippen LogP contribution in [0.25, 0.3) is 6.08 Å². The van der Waals surface area contributed by atoms with Crippen molar-refractivity contribution in [3.63, 3.8) is 0 Å². The Morgan fingerprint density at radius 1 is 1.04 bits per heavy atom. The van der Waals surface area contributed by atoms with E-state index in [1.165, 1.54) is 0 Å². The molecule has 1 N–H and O–H groups in total. The fraction of sp³-hybridized carbons (Fsp3) is 0.174. The zero-order valence-corrected chi connectivity index (χ0v) is 15.7. The van der Waals surface area contributed by atoms with E-state index in [4.69, 9.17) is 0 Å². The molecule has 1 heterocycles. The van der Waals surface area contributed by atoms with Gasteiger partial charge in [0.15, 0.2) is 0 Å². The van der Waals surface area contributed by atoms with Crippen molar-refractivity contribution in [2.45, 2.75) is 19.4 Å². The normalized spacial score (nSPS) is 13.4. The molecular formula is C23H23NOS. The van der Waals surface area contributed by atoms with E-state index < -0.39 is 0 Å². The molecule has 2 aromatic carbocycles. The van der Waals surface area contributed by atoms with Gasteiger partial charge in [-0.15, -0.1) is 0 Å². The number of rotatable bonds is 7. The Kier molecular flexibility index (Phi) is 6.39. The van der Waals surface area contributed by atoms with Crippen LogP contribution < -0.4 is 5.32 Å². The molecule has 0 bridgehead atoms. The first kappa shape index (κ1) is 18.2. The summed E-state index contributed by atoms with van der Waals surface area (Å²) in [5.74, 6) is -0.0250. The first-order valence-electron chi connectivity index (χ1n) is 8.81. The molecular weight excluding hydrogens is 338 g/mol. The monoisotopic (exact) mass is 361 g/mol. The maximum Gasteiger partial charge on any atom is 0.228 e. The second-order valence-electron chi connectivity index (χ2n) is 6.37. The lowest BCUT2D eigenvalue weighted by Crippen LogP contribution is -2.31. The average molecular weight is 362 g/mol. The van der Waals surface area contributed by atoms with Crippen molar-refractivity contribution in [3.05, 3.63) is 100 Å². The Labute approximate surface area is 159 Å². The van der Waals surface area contributed by atoms with E-state index in [-0.39, 0.29) is 17.7 Å². The van der Waals surface area contributed by atoms with E-state index in [0.717, 1.165) is 16.7 Å². The zero-order chi connectivity index (χ0) is 18.2. The number of carbonyl (C=O) groups excluding carboxylic acids is 1. The number of carbonyl (C=O) groups is 1. The van der Waals surface area contributed by atoms with E-state index in [0.29, 0.717) is 6.54 Å². The molecule has 132 valence electrons. The molecule has 2 atom stereocenters. The van der Waals surface area contributed by atoms with Crippen molar-refractivity contribution in [2.75, 3.05) is 0 Å². The number of nitrogens with one attached hydrogen (secondary N) is 1. The second-order valence-corrected chi connectivity index (χ2v) is 7.15. The number of benzene rings is 2. The quantitative estimate of drug-likeness (QED) is 0.592. The molecule has 3 heteroatoms. The van der Waals surface area contributed by atoms with Gasteiger partial charge in [0.1, 0.15) is 0 Å². The van der Waals surface area contributed by atoms with Gasteiger partial charge < -0.3 is 5.32 Å². The van der Waals surface area contributed by atoms with Crippen LogP contribution in [0.5, 0.6) is 0 Å². The highest BCUT2D eigenvalue weighted by atomic mass is 32.1. The molecule has 26 heavy (non-hydrogen) atoms. The Balaban J connectivity index is 1.72. The van der Waals surface area contributed by atoms with E-state index >= 15 is 0 Å². The lowest BCUT2D eigenvalue weighted by Gasteiger charge is -2.20. The number of amides is 1. The topological polar surface area (TPSA) is 29.1 Å². The SMILES string of the molecule is C[C@H](/C=C/c1ccccc1)[C@H](C(=O)NCc1ccccc1)c1ccsc1. The fourth-order valence-corrected chi connectivity index (χ4v) is 3.68. The van der Waals surface area contributed by atoms with Gasteiger partial charge in [-0.25, -0.2) is 0 Å². The van der Waals surface area contributed by atoms with Crippen LogP contribution in [0.2, 0.25) is 0 Å². The van der Waals surface area contributed by atoms with Crippen molar-refractivity contribution in [2.24, 2.45) is 5.92 Å². The molecule has 0 unspecified atom stereocenters. The van der Waals surface area contributed by atoms with Crippen molar-refractivity contribution in [3.8, 4) is 0 Å². The van der Waals surface area contributed by atoms with Crippen LogP contribution in [0, 0.1) is 5.92 Å². The van der Waals surface area contributed by atoms with Gasteiger partial charge in [0, 0.05) is 6.54 Å².